The van der Waals surface area contributed by atoms with Crippen LogP contribution in [0.4, 0.5) is 5.69 Å². The molecule has 2 aromatic rings. The number of aromatic nitrogens is 1. The highest BCUT2D eigenvalue weighted by molar-refractivity contribution is 6.13. The summed E-state index contributed by atoms with van der Waals surface area (Å²) in [5, 5.41) is 5.63. The molecule has 0 saturated heterocycles. The smallest absolute Gasteiger partial charge is 0.240 e. The van der Waals surface area contributed by atoms with E-state index in [1.54, 1.807) is 43.8 Å². The van der Waals surface area contributed by atoms with E-state index in [0.29, 0.717) is 36.6 Å². The molecule has 136 valence electrons. The third kappa shape index (κ3) is 3.61. The van der Waals surface area contributed by atoms with Crippen molar-refractivity contribution < 1.29 is 19.1 Å². The zero-order valence-corrected chi connectivity index (χ0v) is 14.7. The van der Waals surface area contributed by atoms with E-state index in [2.05, 4.69) is 15.6 Å². The van der Waals surface area contributed by atoms with E-state index < -0.39 is 5.41 Å². The number of amides is 2. The summed E-state index contributed by atoms with van der Waals surface area (Å²) < 4.78 is 10.4. The van der Waals surface area contributed by atoms with Gasteiger partial charge >= 0.3 is 0 Å². The van der Waals surface area contributed by atoms with Crippen LogP contribution in [-0.4, -0.2) is 31.0 Å². The Morgan fingerprint density at radius 2 is 1.88 bits per heavy atom. The number of rotatable bonds is 7. The number of methoxy groups -OCH3 is 2. The van der Waals surface area contributed by atoms with E-state index in [9.17, 15) is 9.59 Å². The lowest BCUT2D eigenvalue weighted by molar-refractivity contribution is -0.134. The maximum atomic E-state index is 12.6. The van der Waals surface area contributed by atoms with Crippen LogP contribution in [-0.2, 0) is 16.1 Å². The van der Waals surface area contributed by atoms with Gasteiger partial charge in [0.2, 0.25) is 11.8 Å². The van der Waals surface area contributed by atoms with Crippen LogP contribution < -0.4 is 20.1 Å². The Morgan fingerprint density at radius 3 is 2.50 bits per heavy atom. The highest BCUT2D eigenvalue weighted by atomic mass is 16.5. The predicted octanol–water partition coefficient (Wildman–Crippen LogP) is 2.13. The first-order valence-electron chi connectivity index (χ1n) is 8.30. The Kier molecular flexibility index (Phi) is 5.06. The third-order valence-electron chi connectivity index (χ3n) is 4.44. The molecule has 0 bridgehead atoms. The molecule has 1 fully saturated rings. The lowest BCUT2D eigenvalue weighted by Crippen LogP contribution is -2.39. The van der Waals surface area contributed by atoms with Gasteiger partial charge < -0.3 is 20.1 Å². The zero-order chi connectivity index (χ0) is 18.6. The third-order valence-corrected chi connectivity index (χ3v) is 4.44. The van der Waals surface area contributed by atoms with Crippen LogP contribution in [0, 0.1) is 5.41 Å². The summed E-state index contributed by atoms with van der Waals surface area (Å²) in [6.45, 7) is 0.345. The van der Waals surface area contributed by atoms with Gasteiger partial charge in [-0.25, -0.2) is 0 Å². The van der Waals surface area contributed by atoms with Crippen molar-refractivity contribution in [3.05, 3.63) is 48.3 Å². The number of benzene rings is 1. The maximum absolute atomic E-state index is 12.6. The zero-order valence-electron chi connectivity index (χ0n) is 14.7. The van der Waals surface area contributed by atoms with Gasteiger partial charge in [-0.2, -0.15) is 0 Å². The van der Waals surface area contributed by atoms with Crippen LogP contribution >= 0.6 is 0 Å². The standard InChI is InChI=1S/C19H21N3O4/c1-25-15-6-5-14(10-16(15)26-2)22-18(24)19(7-8-19)17(23)21-12-13-4-3-9-20-11-13/h3-6,9-11H,7-8,12H2,1-2H3,(H,21,23)(H,22,24). The molecule has 0 radical (unpaired) electrons. The van der Waals surface area contributed by atoms with Crippen LogP contribution in [0.3, 0.4) is 0 Å². The van der Waals surface area contributed by atoms with E-state index >= 15 is 0 Å². The van der Waals surface area contributed by atoms with Gasteiger partial charge in [0.15, 0.2) is 11.5 Å². The molecule has 0 atom stereocenters. The monoisotopic (exact) mass is 355 g/mol. The van der Waals surface area contributed by atoms with E-state index in [4.69, 9.17) is 9.47 Å². The summed E-state index contributed by atoms with van der Waals surface area (Å²) in [7, 11) is 3.07. The molecule has 1 aliphatic carbocycles. The second kappa shape index (κ2) is 7.43. The molecule has 2 amide bonds. The molecule has 26 heavy (non-hydrogen) atoms. The van der Waals surface area contributed by atoms with E-state index in [-0.39, 0.29) is 11.8 Å². The Bertz CT molecular complexity index is 804. The van der Waals surface area contributed by atoms with E-state index in [1.165, 1.54) is 7.11 Å². The largest absolute Gasteiger partial charge is 0.493 e. The predicted molar refractivity (Wildman–Crippen MR) is 95.9 cm³/mol. The molecule has 7 heteroatoms. The topological polar surface area (TPSA) is 89.5 Å². The van der Waals surface area contributed by atoms with Crippen molar-refractivity contribution in [3.8, 4) is 11.5 Å². The lowest BCUT2D eigenvalue weighted by Gasteiger charge is -2.16. The molecule has 3 rings (SSSR count). The highest BCUT2D eigenvalue weighted by Crippen LogP contribution is 2.47. The van der Waals surface area contributed by atoms with Gasteiger partial charge in [0.25, 0.3) is 0 Å². The number of anilines is 1. The number of carbonyl (C=O) groups is 2. The normalized spacial score (nSPS) is 14.2. The first-order chi connectivity index (χ1) is 12.6. The highest BCUT2D eigenvalue weighted by Gasteiger charge is 2.56. The summed E-state index contributed by atoms with van der Waals surface area (Å²) >= 11 is 0. The second-order valence-corrected chi connectivity index (χ2v) is 6.15. The van der Waals surface area contributed by atoms with Crippen molar-refractivity contribution in [2.75, 3.05) is 19.5 Å². The minimum absolute atomic E-state index is 0.265. The number of ether oxygens (including phenoxy) is 2. The molecule has 0 aliphatic heterocycles. The number of carbonyl (C=O) groups excluding carboxylic acids is 2. The molecule has 1 heterocycles. The number of nitrogens with zero attached hydrogens (tertiary/aromatic N) is 1. The molecule has 0 spiro atoms. The summed E-state index contributed by atoms with van der Waals surface area (Å²) in [4.78, 5) is 29.2. The van der Waals surface area contributed by atoms with Gasteiger partial charge in [-0.3, -0.25) is 14.6 Å². The lowest BCUT2D eigenvalue weighted by atomic mass is 10.0. The first-order valence-corrected chi connectivity index (χ1v) is 8.30. The summed E-state index contributed by atoms with van der Waals surface area (Å²) in [5.41, 5.74) is 0.436. The Hall–Kier alpha value is -3.09. The van der Waals surface area contributed by atoms with E-state index in [1.807, 2.05) is 6.07 Å². The van der Waals surface area contributed by atoms with Gasteiger partial charge in [-0.1, -0.05) is 6.07 Å². The van der Waals surface area contributed by atoms with Crippen LogP contribution in [0.15, 0.2) is 42.7 Å². The Morgan fingerprint density at radius 1 is 1.12 bits per heavy atom. The van der Waals surface area contributed by atoms with Gasteiger partial charge in [0, 0.05) is 30.7 Å². The minimum Gasteiger partial charge on any atom is -0.493 e. The fraction of sp³-hybridized carbons (Fsp3) is 0.316. The molecular formula is C19H21N3O4. The number of pyridine rings is 1. The van der Waals surface area contributed by atoms with Gasteiger partial charge in [0.1, 0.15) is 5.41 Å². The Balaban J connectivity index is 1.64. The average Bonchev–Trinajstić information content (AvgIpc) is 3.49. The van der Waals surface area contributed by atoms with Crippen molar-refractivity contribution in [3.63, 3.8) is 0 Å². The molecule has 0 unspecified atom stereocenters. The molecule has 7 nitrogen and oxygen atoms in total. The summed E-state index contributed by atoms with van der Waals surface area (Å²) in [6.07, 6.45) is 4.42. The van der Waals surface area contributed by atoms with Crippen molar-refractivity contribution in [2.45, 2.75) is 19.4 Å². The molecule has 2 N–H and O–H groups in total. The first kappa shape index (κ1) is 17.7. The van der Waals surface area contributed by atoms with Crippen LogP contribution in [0.1, 0.15) is 18.4 Å². The second-order valence-electron chi connectivity index (χ2n) is 6.15. The van der Waals surface area contributed by atoms with Crippen molar-refractivity contribution in [1.29, 1.82) is 0 Å². The molecular weight excluding hydrogens is 334 g/mol. The fourth-order valence-corrected chi connectivity index (χ4v) is 2.70. The molecule has 1 saturated carbocycles. The number of hydrogen-bond donors (Lipinski definition) is 2. The van der Waals surface area contributed by atoms with Gasteiger partial charge in [-0.05, 0) is 36.6 Å². The maximum Gasteiger partial charge on any atom is 0.240 e. The van der Waals surface area contributed by atoms with Gasteiger partial charge in [-0.15, -0.1) is 0 Å². The quantitative estimate of drug-likeness (QED) is 0.743. The van der Waals surface area contributed by atoms with Crippen LogP contribution in [0.5, 0.6) is 11.5 Å². The number of nitrogens with one attached hydrogen (secondary N) is 2. The average molecular weight is 355 g/mol. The van der Waals surface area contributed by atoms with Crippen LogP contribution in [0.25, 0.3) is 0 Å². The van der Waals surface area contributed by atoms with Crippen LogP contribution in [0.2, 0.25) is 0 Å². The molecule has 1 aromatic heterocycles. The van der Waals surface area contributed by atoms with Gasteiger partial charge in [0.05, 0.1) is 14.2 Å². The van der Waals surface area contributed by atoms with Crippen molar-refractivity contribution in [1.82, 2.24) is 10.3 Å². The van der Waals surface area contributed by atoms with Crippen molar-refractivity contribution >= 4 is 17.5 Å². The minimum atomic E-state index is -1.00. The Labute approximate surface area is 151 Å². The summed E-state index contributed by atoms with van der Waals surface area (Å²) in [5.74, 6) is 0.504. The molecule has 1 aliphatic rings. The summed E-state index contributed by atoms with van der Waals surface area (Å²) in [6, 6.07) is 8.76. The number of hydrogen-bond acceptors (Lipinski definition) is 5. The van der Waals surface area contributed by atoms with Crippen molar-refractivity contribution in [2.24, 2.45) is 5.41 Å². The SMILES string of the molecule is COc1ccc(NC(=O)C2(C(=O)NCc3cccnc3)CC2)cc1OC. The van der Waals surface area contributed by atoms with E-state index in [0.717, 1.165) is 5.56 Å². The fourth-order valence-electron chi connectivity index (χ4n) is 2.70. The molecule has 1 aromatic carbocycles.